The van der Waals surface area contributed by atoms with Crippen LogP contribution in [0.5, 0.6) is 0 Å². The number of nitrogens with zero attached hydrogens (tertiary/aromatic N) is 4. The first-order chi connectivity index (χ1) is 12.4. The molecular weight excluding hydrogens is 350 g/mol. The number of hydrogen-bond acceptors (Lipinski definition) is 4. The first kappa shape index (κ1) is 18.9. The lowest BCUT2D eigenvalue weighted by atomic mass is 9.97. The highest BCUT2D eigenvalue weighted by atomic mass is 35.5. The van der Waals surface area contributed by atoms with Crippen LogP contribution in [0.3, 0.4) is 0 Å². The van der Waals surface area contributed by atoms with Crippen molar-refractivity contribution in [1.29, 1.82) is 0 Å². The number of aromatic nitrogens is 3. The maximum absolute atomic E-state index is 13.1. The minimum Gasteiger partial charge on any atom is -0.331 e. The lowest BCUT2D eigenvalue weighted by molar-refractivity contribution is 0.0571. The van der Waals surface area contributed by atoms with Gasteiger partial charge in [0, 0.05) is 24.5 Å². The smallest absolute Gasteiger partial charge is 0.293 e. The van der Waals surface area contributed by atoms with E-state index in [1.807, 2.05) is 43.9 Å². The molecule has 1 aliphatic heterocycles. The third-order valence-corrected chi connectivity index (χ3v) is 5.16. The van der Waals surface area contributed by atoms with Crippen LogP contribution in [0, 0.1) is 0 Å². The molecule has 140 valence electrons. The summed E-state index contributed by atoms with van der Waals surface area (Å²) in [5.74, 6) is 0.877. The van der Waals surface area contributed by atoms with Crippen LogP contribution < -0.4 is 5.73 Å². The van der Waals surface area contributed by atoms with E-state index >= 15 is 0 Å². The van der Waals surface area contributed by atoms with E-state index in [0.717, 1.165) is 30.8 Å². The minimum absolute atomic E-state index is 0.0333. The average molecular weight is 376 g/mol. The van der Waals surface area contributed by atoms with Gasteiger partial charge in [-0.3, -0.25) is 4.79 Å². The Bertz CT molecular complexity index is 786. The van der Waals surface area contributed by atoms with Crippen LogP contribution in [0.4, 0.5) is 0 Å². The Morgan fingerprint density at radius 1 is 1.27 bits per heavy atom. The summed E-state index contributed by atoms with van der Waals surface area (Å²) in [5.41, 5.74) is 6.84. The molecule has 2 aromatic rings. The highest BCUT2D eigenvalue weighted by Crippen LogP contribution is 2.25. The van der Waals surface area contributed by atoms with Crippen molar-refractivity contribution in [3.05, 3.63) is 40.9 Å². The third kappa shape index (κ3) is 3.62. The molecule has 1 aromatic heterocycles. The molecule has 0 spiro atoms. The second-order valence-corrected chi connectivity index (χ2v) is 7.64. The lowest BCUT2D eigenvalue weighted by Gasteiger charge is -2.37. The van der Waals surface area contributed by atoms with Gasteiger partial charge >= 0.3 is 0 Å². The predicted octanol–water partition coefficient (Wildman–Crippen LogP) is 3.39. The van der Waals surface area contributed by atoms with Crippen LogP contribution in [0.15, 0.2) is 24.3 Å². The SMILES string of the molecule is CC(C)c1nc(C(=O)N2CCCCC2C(C)N)nn1-c1ccccc1Cl. The molecule has 0 aliphatic carbocycles. The number of nitrogens with two attached hydrogens (primary N) is 1. The first-order valence-electron chi connectivity index (χ1n) is 9.18. The number of rotatable bonds is 4. The van der Waals surface area contributed by atoms with Crippen LogP contribution in [0.2, 0.25) is 5.02 Å². The number of hydrogen-bond donors (Lipinski definition) is 1. The number of amides is 1. The molecular formula is C19H26ClN5O. The Morgan fingerprint density at radius 2 is 2.00 bits per heavy atom. The number of carbonyl (C=O) groups is 1. The summed E-state index contributed by atoms with van der Waals surface area (Å²) in [4.78, 5) is 19.5. The van der Waals surface area contributed by atoms with Crippen LogP contribution in [-0.4, -0.2) is 44.2 Å². The van der Waals surface area contributed by atoms with Crippen molar-refractivity contribution in [1.82, 2.24) is 19.7 Å². The van der Waals surface area contributed by atoms with Gasteiger partial charge in [-0.25, -0.2) is 9.67 Å². The summed E-state index contributed by atoms with van der Waals surface area (Å²) in [6.07, 6.45) is 3.00. The molecule has 3 rings (SSSR count). The Balaban J connectivity index is 1.99. The summed E-state index contributed by atoms with van der Waals surface area (Å²) >= 11 is 6.34. The fraction of sp³-hybridized carbons (Fsp3) is 0.526. The molecule has 1 saturated heterocycles. The zero-order valence-electron chi connectivity index (χ0n) is 15.5. The van der Waals surface area contributed by atoms with Crippen molar-refractivity contribution < 1.29 is 4.79 Å². The van der Waals surface area contributed by atoms with Gasteiger partial charge in [0.1, 0.15) is 5.82 Å². The monoisotopic (exact) mass is 375 g/mol. The molecule has 2 N–H and O–H groups in total. The molecule has 1 fully saturated rings. The number of halogens is 1. The summed E-state index contributed by atoms with van der Waals surface area (Å²) < 4.78 is 1.69. The van der Waals surface area contributed by atoms with Crippen molar-refractivity contribution in [2.45, 2.75) is 58.0 Å². The Kier molecular flexibility index (Phi) is 5.63. The van der Waals surface area contributed by atoms with E-state index in [2.05, 4.69) is 10.1 Å². The Hall–Kier alpha value is -1.92. The number of piperidine rings is 1. The van der Waals surface area contributed by atoms with Gasteiger partial charge in [0.05, 0.1) is 10.7 Å². The molecule has 1 aliphatic rings. The van der Waals surface area contributed by atoms with E-state index in [9.17, 15) is 4.79 Å². The van der Waals surface area contributed by atoms with Crippen LogP contribution >= 0.6 is 11.6 Å². The van der Waals surface area contributed by atoms with Crippen molar-refractivity contribution >= 4 is 17.5 Å². The predicted molar refractivity (Wildman–Crippen MR) is 103 cm³/mol. The number of benzene rings is 1. The van der Waals surface area contributed by atoms with E-state index in [-0.39, 0.29) is 29.7 Å². The van der Waals surface area contributed by atoms with Gasteiger partial charge < -0.3 is 10.6 Å². The zero-order chi connectivity index (χ0) is 18.8. The number of carbonyl (C=O) groups excluding carboxylic acids is 1. The summed E-state index contributed by atoms with van der Waals surface area (Å²) in [6, 6.07) is 7.40. The molecule has 0 saturated carbocycles. The summed E-state index contributed by atoms with van der Waals surface area (Å²) in [5, 5.41) is 5.09. The van der Waals surface area contributed by atoms with E-state index in [1.54, 1.807) is 10.7 Å². The van der Waals surface area contributed by atoms with E-state index < -0.39 is 0 Å². The van der Waals surface area contributed by atoms with E-state index in [0.29, 0.717) is 11.6 Å². The molecule has 6 nitrogen and oxygen atoms in total. The fourth-order valence-electron chi connectivity index (χ4n) is 3.47. The second-order valence-electron chi connectivity index (χ2n) is 7.23. The van der Waals surface area contributed by atoms with Gasteiger partial charge in [-0.2, -0.15) is 0 Å². The largest absolute Gasteiger partial charge is 0.331 e. The average Bonchev–Trinajstić information content (AvgIpc) is 3.07. The Morgan fingerprint density at radius 3 is 2.65 bits per heavy atom. The molecule has 26 heavy (non-hydrogen) atoms. The molecule has 1 amide bonds. The van der Waals surface area contributed by atoms with E-state index in [1.165, 1.54) is 0 Å². The second kappa shape index (κ2) is 7.76. The van der Waals surface area contributed by atoms with Crippen LogP contribution in [0.1, 0.15) is 62.4 Å². The van der Waals surface area contributed by atoms with Crippen LogP contribution in [-0.2, 0) is 0 Å². The normalized spacial score (nSPS) is 19.0. The first-order valence-corrected chi connectivity index (χ1v) is 9.56. The molecule has 7 heteroatoms. The molecule has 2 atom stereocenters. The number of para-hydroxylation sites is 1. The van der Waals surface area contributed by atoms with Gasteiger partial charge in [0.15, 0.2) is 0 Å². The van der Waals surface area contributed by atoms with Gasteiger partial charge in [-0.15, -0.1) is 5.10 Å². The number of likely N-dealkylation sites (tertiary alicyclic amines) is 1. The zero-order valence-corrected chi connectivity index (χ0v) is 16.3. The maximum Gasteiger partial charge on any atom is 0.293 e. The van der Waals surface area contributed by atoms with Gasteiger partial charge in [0.2, 0.25) is 5.82 Å². The maximum atomic E-state index is 13.1. The molecule has 0 radical (unpaired) electrons. The standard InChI is InChI=1S/C19H26ClN5O/c1-12(2)18-22-17(23-25(18)16-10-5-4-8-14(16)20)19(26)24-11-7-6-9-15(24)13(3)21/h4-5,8,10,12-13,15H,6-7,9,11,21H2,1-3H3. The lowest BCUT2D eigenvalue weighted by Crippen LogP contribution is -2.51. The van der Waals surface area contributed by atoms with Gasteiger partial charge in [-0.1, -0.05) is 37.6 Å². The molecule has 1 aromatic carbocycles. The molecule has 2 unspecified atom stereocenters. The highest BCUT2D eigenvalue weighted by Gasteiger charge is 2.32. The van der Waals surface area contributed by atoms with Gasteiger partial charge in [0.25, 0.3) is 5.91 Å². The minimum atomic E-state index is -0.153. The molecule has 0 bridgehead atoms. The van der Waals surface area contributed by atoms with Crippen molar-refractivity contribution in [3.8, 4) is 5.69 Å². The quantitative estimate of drug-likeness (QED) is 0.888. The van der Waals surface area contributed by atoms with Crippen molar-refractivity contribution in [2.75, 3.05) is 6.54 Å². The van der Waals surface area contributed by atoms with E-state index in [4.69, 9.17) is 17.3 Å². The van der Waals surface area contributed by atoms with Crippen molar-refractivity contribution in [3.63, 3.8) is 0 Å². The van der Waals surface area contributed by atoms with Crippen LogP contribution in [0.25, 0.3) is 5.69 Å². The highest BCUT2D eigenvalue weighted by molar-refractivity contribution is 6.32. The topological polar surface area (TPSA) is 77.0 Å². The van der Waals surface area contributed by atoms with Gasteiger partial charge in [-0.05, 0) is 38.3 Å². The Labute approximate surface area is 159 Å². The fourth-order valence-corrected chi connectivity index (χ4v) is 3.69. The third-order valence-electron chi connectivity index (χ3n) is 4.84. The molecule has 2 heterocycles. The summed E-state index contributed by atoms with van der Waals surface area (Å²) in [6.45, 7) is 6.70. The van der Waals surface area contributed by atoms with Crippen molar-refractivity contribution in [2.24, 2.45) is 5.73 Å². The summed E-state index contributed by atoms with van der Waals surface area (Å²) in [7, 11) is 0.